The second-order valence-corrected chi connectivity index (χ2v) is 12.9. The predicted octanol–water partition coefficient (Wildman–Crippen LogP) is 4.32. The quantitative estimate of drug-likeness (QED) is 0.656. The van der Waals surface area contributed by atoms with E-state index in [9.17, 15) is 0 Å². The summed E-state index contributed by atoms with van der Waals surface area (Å²) in [7, 11) is 5.07. The second kappa shape index (κ2) is 5.93. The highest BCUT2D eigenvalue weighted by molar-refractivity contribution is 5.07. The van der Waals surface area contributed by atoms with E-state index in [0.29, 0.717) is 0 Å². The maximum Gasteiger partial charge on any atom is 0.358 e. The van der Waals surface area contributed by atoms with E-state index >= 15 is 0 Å². The average Bonchev–Trinajstić information content (AvgIpc) is 2.77. The van der Waals surface area contributed by atoms with Crippen LogP contribution in [-0.4, -0.2) is 87.1 Å². The molecule has 27 heavy (non-hydrogen) atoms. The van der Waals surface area contributed by atoms with Gasteiger partial charge in [0.1, 0.15) is 12.1 Å². The summed E-state index contributed by atoms with van der Waals surface area (Å²) in [5, 5.41) is 0. The molecule has 0 N–H and O–H groups in total. The lowest BCUT2D eigenvalue weighted by Crippen LogP contribution is -2.86. The number of quaternary nitrogens is 2. The second-order valence-electron chi connectivity index (χ2n) is 12.9. The van der Waals surface area contributed by atoms with Crippen molar-refractivity contribution in [3.63, 3.8) is 0 Å². The van der Waals surface area contributed by atoms with Gasteiger partial charge in [0, 0.05) is 11.1 Å². The summed E-state index contributed by atoms with van der Waals surface area (Å²) in [5.41, 5.74) is 0.483. The van der Waals surface area contributed by atoms with Gasteiger partial charge in [0.15, 0.2) is 0 Å². The first-order valence-corrected chi connectivity index (χ1v) is 11.1. The minimum atomic E-state index is -0.0903. The van der Waals surface area contributed by atoms with Crippen molar-refractivity contribution in [2.24, 2.45) is 0 Å². The zero-order chi connectivity index (χ0) is 21.5. The van der Waals surface area contributed by atoms with E-state index in [0.717, 1.165) is 28.6 Å². The lowest BCUT2D eigenvalue weighted by atomic mass is 9.94. The Bertz CT molecular complexity index is 582. The molecule has 1 spiro atoms. The van der Waals surface area contributed by atoms with Crippen LogP contribution < -0.4 is 0 Å². The molecule has 0 aromatic heterocycles. The van der Waals surface area contributed by atoms with Crippen LogP contribution in [0.15, 0.2) is 0 Å². The molecule has 0 bridgehead atoms. The summed E-state index contributed by atoms with van der Waals surface area (Å²) in [4.78, 5) is 5.80. The van der Waals surface area contributed by atoms with Crippen LogP contribution in [0.2, 0.25) is 0 Å². The SMILES string of the molecule is CC[N@@+]1(C)CC(C)(C)N(C(C)(C)C)C12N(C(C)(C)C)CC(C)(C)[N@@+]2(C)CC. The molecule has 2 heterocycles. The van der Waals surface area contributed by atoms with Gasteiger partial charge in [0.25, 0.3) is 0 Å². The topological polar surface area (TPSA) is 6.48 Å². The normalized spacial score (nSPS) is 40.2. The van der Waals surface area contributed by atoms with Gasteiger partial charge in [0.2, 0.25) is 0 Å². The van der Waals surface area contributed by atoms with E-state index in [1.54, 1.807) is 0 Å². The Labute approximate surface area is 170 Å². The summed E-state index contributed by atoms with van der Waals surface area (Å²) in [6.45, 7) is 33.9. The van der Waals surface area contributed by atoms with Gasteiger partial charge in [-0.05, 0) is 83.1 Å². The van der Waals surface area contributed by atoms with Crippen LogP contribution in [0.4, 0.5) is 0 Å². The number of hydrogen-bond donors (Lipinski definition) is 0. The number of nitrogens with zero attached hydrogens (tertiary/aromatic N) is 4. The molecule has 160 valence electrons. The Hall–Kier alpha value is -0.160. The number of hydrogen-bond acceptors (Lipinski definition) is 2. The fraction of sp³-hybridized carbons (Fsp3) is 1.00. The van der Waals surface area contributed by atoms with Crippen molar-refractivity contribution in [1.29, 1.82) is 0 Å². The minimum Gasteiger partial charge on any atom is -0.243 e. The van der Waals surface area contributed by atoms with Gasteiger partial charge in [-0.15, -0.1) is 0 Å². The molecule has 0 aromatic rings. The van der Waals surface area contributed by atoms with Crippen LogP contribution in [-0.2, 0) is 0 Å². The summed E-state index contributed by atoms with van der Waals surface area (Å²) in [6.07, 6.45) is 0. The monoisotopic (exact) mass is 382 g/mol. The third-order valence-electron chi connectivity index (χ3n) is 8.08. The highest BCUT2D eigenvalue weighted by Crippen LogP contribution is 2.60. The summed E-state index contributed by atoms with van der Waals surface area (Å²) >= 11 is 0. The minimum absolute atomic E-state index is 0.0767. The lowest BCUT2D eigenvalue weighted by molar-refractivity contribution is -1.18. The third kappa shape index (κ3) is 2.69. The van der Waals surface area contributed by atoms with Crippen LogP contribution in [0, 0.1) is 0 Å². The Kier molecular flexibility index (Phi) is 5.08. The zero-order valence-electron chi connectivity index (χ0n) is 21.1. The van der Waals surface area contributed by atoms with E-state index in [1.807, 2.05) is 0 Å². The predicted molar refractivity (Wildman–Crippen MR) is 117 cm³/mol. The van der Waals surface area contributed by atoms with Crippen LogP contribution in [0.3, 0.4) is 0 Å². The van der Waals surface area contributed by atoms with Crippen LogP contribution in [0.1, 0.15) is 83.1 Å². The van der Waals surface area contributed by atoms with Crippen molar-refractivity contribution < 1.29 is 8.97 Å². The first-order chi connectivity index (χ1) is 11.8. The fourth-order valence-corrected chi connectivity index (χ4v) is 7.17. The van der Waals surface area contributed by atoms with Gasteiger partial charge in [-0.2, -0.15) is 9.80 Å². The molecule has 3 atom stereocenters. The standard InChI is InChI=1S/C23H50N4/c1-15-26(13)18-21(9,10)25(20(6,7)8)23(26)24(19(3,4)5)17-22(11,12)27(23,14)16-2/h15-18H2,1-14H3/q+2/t23?,26-,27+/m0/s1. The lowest BCUT2D eigenvalue weighted by Gasteiger charge is -2.62. The first kappa shape index (κ1) is 23.1. The molecule has 4 nitrogen and oxygen atoms in total. The molecule has 1 unspecified atom stereocenters. The van der Waals surface area contributed by atoms with Crippen molar-refractivity contribution in [3.8, 4) is 0 Å². The highest BCUT2D eigenvalue weighted by Gasteiger charge is 2.84. The summed E-state index contributed by atoms with van der Waals surface area (Å²) in [6, 6.07) is 0. The van der Waals surface area contributed by atoms with Gasteiger partial charge < -0.3 is 0 Å². The van der Waals surface area contributed by atoms with Crippen LogP contribution in [0.25, 0.3) is 0 Å². The molecule has 0 radical (unpaired) electrons. The van der Waals surface area contributed by atoms with E-state index in [1.165, 1.54) is 6.54 Å². The molecular weight excluding hydrogens is 332 g/mol. The van der Waals surface area contributed by atoms with Crippen LogP contribution in [0.5, 0.6) is 0 Å². The Morgan fingerprint density at radius 1 is 0.815 bits per heavy atom. The van der Waals surface area contributed by atoms with E-state index in [4.69, 9.17) is 0 Å². The molecule has 2 saturated heterocycles. The summed E-state index contributed by atoms with van der Waals surface area (Å²) in [5.74, 6) is -0.0903. The van der Waals surface area contributed by atoms with Gasteiger partial charge >= 0.3 is 5.91 Å². The third-order valence-corrected chi connectivity index (χ3v) is 8.08. The first-order valence-electron chi connectivity index (χ1n) is 11.1. The van der Waals surface area contributed by atoms with Crippen molar-refractivity contribution in [2.45, 2.75) is 111 Å². The van der Waals surface area contributed by atoms with Gasteiger partial charge in [0.05, 0.1) is 39.3 Å². The van der Waals surface area contributed by atoms with Crippen molar-refractivity contribution >= 4 is 0 Å². The van der Waals surface area contributed by atoms with Crippen molar-refractivity contribution in [3.05, 3.63) is 0 Å². The Morgan fingerprint density at radius 2 is 1.30 bits per heavy atom. The smallest absolute Gasteiger partial charge is 0.243 e. The Morgan fingerprint density at radius 3 is 1.63 bits per heavy atom. The number of rotatable bonds is 2. The molecule has 2 fully saturated rings. The maximum atomic E-state index is 2.92. The zero-order valence-corrected chi connectivity index (χ0v) is 21.1. The largest absolute Gasteiger partial charge is 0.358 e. The average molecular weight is 383 g/mol. The molecule has 0 amide bonds. The van der Waals surface area contributed by atoms with E-state index in [2.05, 4.69) is 107 Å². The molecular formula is C23H50N4+2. The van der Waals surface area contributed by atoms with E-state index < -0.39 is 0 Å². The fourth-order valence-electron chi connectivity index (χ4n) is 7.17. The Balaban J connectivity index is 3.04. The molecule has 2 rings (SSSR count). The molecule has 2 aliphatic rings. The molecule has 0 aliphatic carbocycles. The maximum absolute atomic E-state index is 2.92. The van der Waals surface area contributed by atoms with Gasteiger partial charge in [-0.25, -0.2) is 8.97 Å². The summed E-state index contributed by atoms with van der Waals surface area (Å²) < 4.78 is 2.13. The van der Waals surface area contributed by atoms with E-state index in [-0.39, 0.29) is 28.1 Å². The molecule has 2 aliphatic heterocycles. The highest BCUT2D eigenvalue weighted by atomic mass is 15.9. The molecule has 0 aromatic carbocycles. The number of likely N-dealkylation sites (N-methyl/N-ethyl adjacent to an activating group) is 2. The van der Waals surface area contributed by atoms with Gasteiger partial charge in [-0.1, -0.05) is 0 Å². The van der Waals surface area contributed by atoms with Crippen LogP contribution >= 0.6 is 0 Å². The van der Waals surface area contributed by atoms with Crippen molar-refractivity contribution in [2.75, 3.05) is 40.3 Å². The van der Waals surface area contributed by atoms with Gasteiger partial charge in [-0.3, -0.25) is 0 Å². The molecule has 4 heteroatoms. The molecule has 0 saturated carbocycles. The van der Waals surface area contributed by atoms with Crippen molar-refractivity contribution in [1.82, 2.24) is 9.80 Å².